The average molecular weight is 242 g/mol. The number of aliphatic carboxylic acids is 1. The summed E-state index contributed by atoms with van der Waals surface area (Å²) in [6, 6.07) is 9.36. The molecule has 0 fully saturated rings. The lowest BCUT2D eigenvalue weighted by Gasteiger charge is -2.23. The lowest BCUT2D eigenvalue weighted by Crippen LogP contribution is -2.49. The Balaban J connectivity index is 0.00000225. The molecule has 0 radical (unpaired) electrons. The van der Waals surface area contributed by atoms with Gasteiger partial charge in [-0.3, -0.25) is 4.79 Å². The first-order valence-electron chi connectivity index (χ1n) is 4.75. The SMILES string of the molecule is C=CCC(N)(Cc1ccccc1)C(=O)O.Cl. The highest BCUT2D eigenvalue weighted by molar-refractivity contribution is 5.85. The minimum absolute atomic E-state index is 0. The van der Waals surface area contributed by atoms with Crippen LogP contribution in [0.5, 0.6) is 0 Å². The van der Waals surface area contributed by atoms with Crippen molar-refractivity contribution in [3.63, 3.8) is 0 Å². The van der Waals surface area contributed by atoms with E-state index < -0.39 is 11.5 Å². The molecule has 1 aromatic carbocycles. The van der Waals surface area contributed by atoms with E-state index in [2.05, 4.69) is 6.58 Å². The zero-order valence-electron chi connectivity index (χ0n) is 8.93. The maximum atomic E-state index is 11.0. The normalized spacial score (nSPS) is 13.3. The number of carbonyl (C=O) groups is 1. The molecular weight excluding hydrogens is 226 g/mol. The third-order valence-electron chi connectivity index (χ3n) is 2.30. The number of hydrogen-bond donors (Lipinski definition) is 2. The highest BCUT2D eigenvalue weighted by Gasteiger charge is 2.32. The summed E-state index contributed by atoms with van der Waals surface area (Å²) in [6.45, 7) is 3.53. The van der Waals surface area contributed by atoms with E-state index in [0.717, 1.165) is 5.56 Å². The highest BCUT2D eigenvalue weighted by atomic mass is 35.5. The number of hydrogen-bond acceptors (Lipinski definition) is 2. The number of rotatable bonds is 5. The summed E-state index contributed by atoms with van der Waals surface area (Å²) in [5.41, 5.74) is 5.49. The van der Waals surface area contributed by atoms with E-state index >= 15 is 0 Å². The molecule has 1 atom stereocenters. The molecule has 0 heterocycles. The van der Waals surface area contributed by atoms with Crippen LogP contribution in [0.4, 0.5) is 0 Å². The van der Waals surface area contributed by atoms with Crippen LogP contribution in [-0.4, -0.2) is 16.6 Å². The van der Waals surface area contributed by atoms with Crippen molar-refractivity contribution in [3.8, 4) is 0 Å². The van der Waals surface area contributed by atoms with Gasteiger partial charge in [0.25, 0.3) is 0 Å². The molecule has 4 heteroatoms. The van der Waals surface area contributed by atoms with Crippen molar-refractivity contribution in [2.45, 2.75) is 18.4 Å². The van der Waals surface area contributed by atoms with Crippen molar-refractivity contribution in [1.82, 2.24) is 0 Å². The zero-order valence-corrected chi connectivity index (χ0v) is 9.74. The maximum Gasteiger partial charge on any atom is 0.324 e. The van der Waals surface area contributed by atoms with E-state index in [1.807, 2.05) is 30.3 Å². The largest absolute Gasteiger partial charge is 0.480 e. The first kappa shape index (κ1) is 14.7. The summed E-state index contributed by atoms with van der Waals surface area (Å²) in [7, 11) is 0. The van der Waals surface area contributed by atoms with Crippen molar-refractivity contribution in [2.75, 3.05) is 0 Å². The topological polar surface area (TPSA) is 63.3 Å². The summed E-state index contributed by atoms with van der Waals surface area (Å²) in [4.78, 5) is 11.0. The van der Waals surface area contributed by atoms with Crippen molar-refractivity contribution in [3.05, 3.63) is 48.6 Å². The number of halogens is 1. The molecule has 88 valence electrons. The highest BCUT2D eigenvalue weighted by Crippen LogP contribution is 2.15. The number of benzene rings is 1. The van der Waals surface area contributed by atoms with Gasteiger partial charge < -0.3 is 10.8 Å². The van der Waals surface area contributed by atoms with Crippen LogP contribution in [0.1, 0.15) is 12.0 Å². The molecule has 0 amide bonds. The summed E-state index contributed by atoms with van der Waals surface area (Å²) in [5, 5.41) is 9.05. The van der Waals surface area contributed by atoms with Gasteiger partial charge in [-0.2, -0.15) is 0 Å². The number of nitrogens with two attached hydrogens (primary N) is 1. The van der Waals surface area contributed by atoms with Crippen LogP contribution >= 0.6 is 12.4 Å². The van der Waals surface area contributed by atoms with E-state index in [0.29, 0.717) is 6.42 Å². The van der Waals surface area contributed by atoms with Gasteiger partial charge in [-0.05, 0) is 12.0 Å². The van der Waals surface area contributed by atoms with E-state index in [9.17, 15) is 4.79 Å². The predicted octanol–water partition coefficient (Wildman–Crippen LogP) is 2.01. The van der Waals surface area contributed by atoms with Crippen LogP contribution in [0.3, 0.4) is 0 Å². The van der Waals surface area contributed by atoms with Gasteiger partial charge in [-0.1, -0.05) is 36.4 Å². The Morgan fingerprint density at radius 1 is 1.44 bits per heavy atom. The molecule has 3 N–H and O–H groups in total. The monoisotopic (exact) mass is 241 g/mol. The molecule has 0 aliphatic rings. The second-order valence-electron chi connectivity index (χ2n) is 3.62. The van der Waals surface area contributed by atoms with Gasteiger partial charge >= 0.3 is 5.97 Å². The first-order valence-corrected chi connectivity index (χ1v) is 4.75. The fraction of sp³-hybridized carbons (Fsp3) is 0.250. The Labute approximate surface area is 101 Å². The fourth-order valence-corrected chi connectivity index (χ4v) is 1.45. The molecule has 0 aromatic heterocycles. The molecule has 0 spiro atoms. The zero-order chi connectivity index (χ0) is 11.3. The van der Waals surface area contributed by atoms with E-state index in [4.69, 9.17) is 10.8 Å². The molecule has 16 heavy (non-hydrogen) atoms. The average Bonchev–Trinajstić information content (AvgIpc) is 2.19. The Morgan fingerprint density at radius 3 is 2.44 bits per heavy atom. The van der Waals surface area contributed by atoms with Crippen molar-refractivity contribution in [1.29, 1.82) is 0 Å². The lowest BCUT2D eigenvalue weighted by atomic mass is 9.89. The summed E-state index contributed by atoms with van der Waals surface area (Å²) in [6.07, 6.45) is 2.11. The molecule has 0 saturated heterocycles. The van der Waals surface area contributed by atoms with Crippen LogP contribution in [0.2, 0.25) is 0 Å². The fourth-order valence-electron chi connectivity index (χ4n) is 1.45. The smallest absolute Gasteiger partial charge is 0.324 e. The molecule has 1 aromatic rings. The minimum Gasteiger partial charge on any atom is -0.480 e. The van der Waals surface area contributed by atoms with Crippen LogP contribution in [0, 0.1) is 0 Å². The Bertz CT molecular complexity index is 353. The third-order valence-corrected chi connectivity index (χ3v) is 2.30. The quantitative estimate of drug-likeness (QED) is 0.776. The minimum atomic E-state index is -1.25. The summed E-state index contributed by atoms with van der Waals surface area (Å²) in [5.74, 6) is -0.994. The molecule has 1 rings (SSSR count). The predicted molar refractivity (Wildman–Crippen MR) is 66.8 cm³/mol. The first-order chi connectivity index (χ1) is 7.08. The molecular formula is C12H16ClNO2. The Morgan fingerprint density at radius 2 is 2.00 bits per heavy atom. The number of carboxylic acids is 1. The van der Waals surface area contributed by atoms with Crippen LogP contribution in [-0.2, 0) is 11.2 Å². The van der Waals surface area contributed by atoms with Gasteiger partial charge in [0.2, 0.25) is 0 Å². The second-order valence-corrected chi connectivity index (χ2v) is 3.62. The maximum absolute atomic E-state index is 11.0. The van der Waals surface area contributed by atoms with Crippen LogP contribution in [0.25, 0.3) is 0 Å². The Kier molecular flexibility index (Phi) is 5.78. The molecule has 0 bridgehead atoms. The number of carboxylic acid groups (broad SMARTS) is 1. The molecule has 3 nitrogen and oxygen atoms in total. The standard InChI is InChI=1S/C12H15NO2.ClH/c1-2-8-12(13,11(14)15)9-10-6-4-3-5-7-10;/h2-7H,1,8-9,13H2,(H,14,15);1H. The van der Waals surface area contributed by atoms with E-state index in [1.54, 1.807) is 0 Å². The van der Waals surface area contributed by atoms with Crippen molar-refractivity contribution >= 4 is 18.4 Å². The second kappa shape index (κ2) is 6.30. The van der Waals surface area contributed by atoms with Crippen molar-refractivity contribution in [2.24, 2.45) is 5.73 Å². The van der Waals surface area contributed by atoms with E-state index in [-0.39, 0.29) is 18.8 Å². The Hall–Kier alpha value is -1.32. The lowest BCUT2D eigenvalue weighted by molar-refractivity contribution is -0.143. The van der Waals surface area contributed by atoms with Gasteiger partial charge in [0, 0.05) is 6.42 Å². The molecule has 1 unspecified atom stereocenters. The summed E-state index contributed by atoms with van der Waals surface area (Å²) >= 11 is 0. The van der Waals surface area contributed by atoms with Crippen molar-refractivity contribution < 1.29 is 9.90 Å². The van der Waals surface area contributed by atoms with Gasteiger partial charge in [0.15, 0.2) is 0 Å². The van der Waals surface area contributed by atoms with Gasteiger partial charge in [0.1, 0.15) is 5.54 Å². The van der Waals surface area contributed by atoms with Gasteiger partial charge in [0.05, 0.1) is 0 Å². The molecule has 0 saturated carbocycles. The van der Waals surface area contributed by atoms with E-state index in [1.165, 1.54) is 6.08 Å². The summed E-state index contributed by atoms with van der Waals surface area (Å²) < 4.78 is 0. The van der Waals surface area contributed by atoms with Crippen LogP contribution in [0.15, 0.2) is 43.0 Å². The van der Waals surface area contributed by atoms with Gasteiger partial charge in [-0.25, -0.2) is 0 Å². The van der Waals surface area contributed by atoms with Crippen LogP contribution < -0.4 is 5.73 Å². The third kappa shape index (κ3) is 3.68. The molecule has 0 aliphatic heterocycles. The molecule has 0 aliphatic carbocycles. The van der Waals surface area contributed by atoms with Gasteiger partial charge in [-0.15, -0.1) is 19.0 Å².